The number of ether oxygens (including phenoxy) is 1. The van der Waals surface area contributed by atoms with Crippen LogP contribution in [0.25, 0.3) is 0 Å². The second-order valence-corrected chi connectivity index (χ2v) is 1.70. The van der Waals surface area contributed by atoms with Gasteiger partial charge in [0.2, 0.25) is 0 Å². The standard InChI is InChI=1S/C7H8O2.Al.ClH/c1-9-7-4-2-3-6(8)5-7;;/h2-5,8H,1H3;;1H/q;+3;/p-1. The Labute approximate surface area is 82.7 Å². The zero-order valence-electron chi connectivity index (χ0n) is 6.12. The Morgan fingerprint density at radius 1 is 1.36 bits per heavy atom. The molecule has 2 nitrogen and oxygen atoms in total. The van der Waals surface area contributed by atoms with Gasteiger partial charge >= 0.3 is 17.4 Å². The van der Waals surface area contributed by atoms with Gasteiger partial charge in [0, 0.05) is 6.07 Å². The zero-order valence-corrected chi connectivity index (χ0v) is 8.03. The van der Waals surface area contributed by atoms with Crippen molar-refractivity contribution < 1.29 is 22.3 Å². The molecule has 1 aromatic carbocycles. The predicted octanol–water partition coefficient (Wildman–Crippen LogP) is -1.98. The van der Waals surface area contributed by atoms with Crippen molar-refractivity contribution in [1.29, 1.82) is 0 Å². The first-order valence-corrected chi connectivity index (χ1v) is 2.66. The summed E-state index contributed by atoms with van der Waals surface area (Å²) in [6, 6.07) is 6.66. The number of halogens is 1. The molecular formula is C7H8AlClO2+2. The molecule has 0 aromatic heterocycles. The van der Waals surface area contributed by atoms with Crippen LogP contribution in [0.4, 0.5) is 0 Å². The van der Waals surface area contributed by atoms with Crippen molar-refractivity contribution in [3.8, 4) is 11.5 Å². The fourth-order valence-electron chi connectivity index (χ4n) is 0.610. The number of hydrogen-bond donors (Lipinski definition) is 1. The maximum absolute atomic E-state index is 8.86. The molecule has 0 amide bonds. The van der Waals surface area contributed by atoms with Crippen molar-refractivity contribution in [2.45, 2.75) is 0 Å². The fourth-order valence-corrected chi connectivity index (χ4v) is 0.610. The third-order valence-electron chi connectivity index (χ3n) is 1.05. The Balaban J connectivity index is 0. The van der Waals surface area contributed by atoms with Crippen LogP contribution >= 0.6 is 0 Å². The monoisotopic (exact) mass is 186 g/mol. The summed E-state index contributed by atoms with van der Waals surface area (Å²) in [6.45, 7) is 0. The topological polar surface area (TPSA) is 29.5 Å². The van der Waals surface area contributed by atoms with E-state index in [4.69, 9.17) is 9.84 Å². The molecule has 0 fully saturated rings. The van der Waals surface area contributed by atoms with Gasteiger partial charge in [0.25, 0.3) is 0 Å². The van der Waals surface area contributed by atoms with Gasteiger partial charge in [-0.05, 0) is 12.1 Å². The van der Waals surface area contributed by atoms with Crippen molar-refractivity contribution in [2.24, 2.45) is 0 Å². The van der Waals surface area contributed by atoms with Gasteiger partial charge in [0.1, 0.15) is 11.5 Å². The van der Waals surface area contributed by atoms with E-state index in [1.54, 1.807) is 31.4 Å². The van der Waals surface area contributed by atoms with E-state index in [0.29, 0.717) is 5.75 Å². The molecule has 1 aromatic rings. The van der Waals surface area contributed by atoms with E-state index in [2.05, 4.69) is 0 Å². The van der Waals surface area contributed by atoms with Crippen LogP contribution in [0.5, 0.6) is 11.5 Å². The fraction of sp³-hybridized carbons (Fsp3) is 0.143. The molecule has 0 unspecified atom stereocenters. The van der Waals surface area contributed by atoms with Crippen LogP contribution < -0.4 is 17.1 Å². The molecule has 0 radical (unpaired) electrons. The Morgan fingerprint density at radius 2 is 2.00 bits per heavy atom. The van der Waals surface area contributed by atoms with Crippen LogP contribution in [-0.2, 0) is 0 Å². The minimum absolute atomic E-state index is 0. The molecule has 56 valence electrons. The van der Waals surface area contributed by atoms with Gasteiger partial charge < -0.3 is 22.3 Å². The molecule has 0 atom stereocenters. The summed E-state index contributed by atoms with van der Waals surface area (Å²) in [5.74, 6) is 0.907. The van der Waals surface area contributed by atoms with Crippen LogP contribution in [0.15, 0.2) is 24.3 Å². The molecule has 0 saturated heterocycles. The van der Waals surface area contributed by atoms with Gasteiger partial charge in [-0.25, -0.2) is 0 Å². The maximum Gasteiger partial charge on any atom is 3.00 e. The molecule has 1 rings (SSSR count). The summed E-state index contributed by atoms with van der Waals surface area (Å²) < 4.78 is 4.84. The van der Waals surface area contributed by atoms with Crippen LogP contribution in [-0.4, -0.2) is 29.6 Å². The van der Waals surface area contributed by atoms with Gasteiger partial charge in [-0.2, -0.15) is 0 Å². The molecule has 0 saturated carbocycles. The third-order valence-corrected chi connectivity index (χ3v) is 1.05. The van der Waals surface area contributed by atoms with Crippen molar-refractivity contribution in [3.63, 3.8) is 0 Å². The van der Waals surface area contributed by atoms with E-state index in [1.807, 2.05) is 0 Å². The van der Waals surface area contributed by atoms with Crippen LogP contribution in [0, 0.1) is 0 Å². The molecule has 0 spiro atoms. The molecule has 0 aliphatic rings. The van der Waals surface area contributed by atoms with E-state index in [-0.39, 0.29) is 35.5 Å². The molecule has 1 N–H and O–H groups in total. The van der Waals surface area contributed by atoms with Crippen LogP contribution in [0.3, 0.4) is 0 Å². The van der Waals surface area contributed by atoms with E-state index < -0.39 is 0 Å². The minimum atomic E-state index is 0. The summed E-state index contributed by atoms with van der Waals surface area (Å²) in [6.07, 6.45) is 0. The molecule has 11 heavy (non-hydrogen) atoms. The normalized spacial score (nSPS) is 7.36. The smallest absolute Gasteiger partial charge is 1.00 e. The second-order valence-electron chi connectivity index (χ2n) is 1.70. The van der Waals surface area contributed by atoms with Crippen LogP contribution in [0.2, 0.25) is 0 Å². The van der Waals surface area contributed by atoms with E-state index in [0.717, 1.165) is 0 Å². The van der Waals surface area contributed by atoms with Gasteiger partial charge in [-0.1, -0.05) is 6.07 Å². The number of aromatic hydroxyl groups is 1. The first-order chi connectivity index (χ1) is 4.33. The molecule has 0 aliphatic carbocycles. The van der Waals surface area contributed by atoms with Gasteiger partial charge in [0.15, 0.2) is 0 Å². The Kier molecular flexibility index (Phi) is 7.66. The summed E-state index contributed by atoms with van der Waals surface area (Å²) in [5, 5.41) is 8.86. The van der Waals surface area contributed by atoms with Crippen molar-refractivity contribution in [3.05, 3.63) is 24.3 Å². The molecule has 4 heteroatoms. The van der Waals surface area contributed by atoms with Crippen molar-refractivity contribution in [2.75, 3.05) is 7.11 Å². The van der Waals surface area contributed by atoms with E-state index >= 15 is 0 Å². The molecule has 0 aliphatic heterocycles. The maximum atomic E-state index is 8.86. The molecule has 0 heterocycles. The molecular weight excluding hydrogens is 179 g/mol. The van der Waals surface area contributed by atoms with Crippen molar-refractivity contribution >= 4 is 17.4 Å². The van der Waals surface area contributed by atoms with Crippen molar-refractivity contribution in [1.82, 2.24) is 0 Å². The minimum Gasteiger partial charge on any atom is -1.00 e. The van der Waals surface area contributed by atoms with Gasteiger partial charge in [-0.15, -0.1) is 0 Å². The first-order valence-electron chi connectivity index (χ1n) is 2.66. The summed E-state index contributed by atoms with van der Waals surface area (Å²) >= 11 is 0. The number of rotatable bonds is 1. The SMILES string of the molecule is COc1cccc(O)c1.[Al+3].[Cl-]. The first kappa shape index (κ1) is 13.2. The third kappa shape index (κ3) is 4.15. The predicted molar refractivity (Wildman–Crippen MR) is 40.4 cm³/mol. The Morgan fingerprint density at radius 3 is 2.36 bits per heavy atom. The molecule has 0 bridgehead atoms. The number of phenolic OH excluding ortho intramolecular Hbond substituents is 1. The Bertz CT molecular complexity index is 205. The summed E-state index contributed by atoms with van der Waals surface area (Å²) in [7, 11) is 1.56. The number of phenols is 1. The largest absolute Gasteiger partial charge is 3.00 e. The van der Waals surface area contributed by atoms with Gasteiger partial charge in [0.05, 0.1) is 7.11 Å². The number of benzene rings is 1. The van der Waals surface area contributed by atoms with Crippen LogP contribution in [0.1, 0.15) is 0 Å². The van der Waals surface area contributed by atoms with Gasteiger partial charge in [-0.3, -0.25) is 0 Å². The van der Waals surface area contributed by atoms with E-state index in [9.17, 15) is 0 Å². The zero-order chi connectivity index (χ0) is 6.69. The average Bonchev–Trinajstić information content (AvgIpc) is 1.88. The second kappa shape index (κ2) is 6.36. The summed E-state index contributed by atoms with van der Waals surface area (Å²) in [5.41, 5.74) is 0. The number of methoxy groups -OCH3 is 1. The Hall–Kier alpha value is -0.358. The quantitative estimate of drug-likeness (QED) is 0.516. The van der Waals surface area contributed by atoms with E-state index in [1.165, 1.54) is 0 Å². The summed E-state index contributed by atoms with van der Waals surface area (Å²) in [4.78, 5) is 0. The number of hydrogen-bond acceptors (Lipinski definition) is 2. The average molecular weight is 187 g/mol.